The standard InChI is InChI=1S/C14H13N5O2S/c1-8-13-10(5-6-15-8)17-14(22-13)9-3-2-4-11-12(9)18(20)7-16-19(11)21/h2-4,7-8,15H,5-6H2,1H3. The number of para-hydroxylation sites is 1. The molecule has 0 saturated carbocycles. The van der Waals surface area contributed by atoms with Gasteiger partial charge in [0.2, 0.25) is 10.6 Å². The van der Waals surface area contributed by atoms with Crippen LogP contribution in [-0.4, -0.2) is 16.6 Å². The lowest BCUT2D eigenvalue weighted by molar-refractivity contribution is -0.680. The molecule has 0 spiro atoms. The number of thiazole rings is 1. The van der Waals surface area contributed by atoms with Crippen LogP contribution in [0.3, 0.4) is 0 Å². The molecule has 7 nitrogen and oxygen atoms in total. The first-order chi connectivity index (χ1) is 10.6. The smallest absolute Gasteiger partial charge is 0.365 e. The maximum absolute atomic E-state index is 12.1. The molecule has 22 heavy (non-hydrogen) atoms. The van der Waals surface area contributed by atoms with Gasteiger partial charge in [-0.2, -0.15) is 0 Å². The fourth-order valence-corrected chi connectivity index (χ4v) is 3.96. The number of nitrogens with zero attached hydrogens (tertiary/aromatic N) is 4. The molecule has 8 heteroatoms. The monoisotopic (exact) mass is 315 g/mol. The van der Waals surface area contributed by atoms with Crippen LogP contribution in [0.4, 0.5) is 0 Å². The Kier molecular flexibility index (Phi) is 2.95. The molecule has 0 radical (unpaired) electrons. The third-order valence-corrected chi connectivity index (χ3v) is 5.18. The summed E-state index contributed by atoms with van der Waals surface area (Å²) in [4.78, 5) is 6.34. The number of fused-ring (bicyclic) bond motifs is 2. The highest BCUT2D eigenvalue weighted by Crippen LogP contribution is 2.35. The van der Waals surface area contributed by atoms with Crippen molar-refractivity contribution in [1.29, 1.82) is 0 Å². The first kappa shape index (κ1) is 13.4. The molecule has 3 aromatic rings. The molecule has 1 unspecified atom stereocenters. The van der Waals surface area contributed by atoms with Crippen molar-refractivity contribution < 1.29 is 9.58 Å². The van der Waals surface area contributed by atoms with E-state index in [1.165, 1.54) is 4.88 Å². The van der Waals surface area contributed by atoms with E-state index in [9.17, 15) is 10.4 Å². The van der Waals surface area contributed by atoms with Crippen molar-refractivity contribution in [2.75, 3.05) is 6.54 Å². The maximum atomic E-state index is 12.1. The summed E-state index contributed by atoms with van der Waals surface area (Å²) in [7, 11) is 0. The van der Waals surface area contributed by atoms with E-state index in [0.29, 0.717) is 20.7 Å². The van der Waals surface area contributed by atoms with Crippen LogP contribution in [-0.2, 0) is 6.42 Å². The van der Waals surface area contributed by atoms with Crippen LogP contribution >= 0.6 is 11.3 Å². The van der Waals surface area contributed by atoms with Crippen molar-refractivity contribution >= 4 is 22.4 Å². The zero-order valence-corrected chi connectivity index (χ0v) is 12.6. The molecule has 1 N–H and O–H groups in total. The largest absolute Gasteiger partial charge is 0.710 e. The van der Waals surface area contributed by atoms with Gasteiger partial charge in [-0.15, -0.1) is 11.3 Å². The molecule has 1 aromatic carbocycles. The molecular formula is C14H13N5O2S. The van der Waals surface area contributed by atoms with Crippen molar-refractivity contribution in [2.45, 2.75) is 19.4 Å². The summed E-state index contributed by atoms with van der Waals surface area (Å²) in [6.07, 6.45) is 1.86. The average molecular weight is 315 g/mol. The molecular weight excluding hydrogens is 302 g/mol. The van der Waals surface area contributed by atoms with Crippen LogP contribution in [0.15, 0.2) is 24.5 Å². The Bertz CT molecular complexity index is 879. The molecule has 2 aromatic heterocycles. The van der Waals surface area contributed by atoms with E-state index in [4.69, 9.17) is 0 Å². The highest BCUT2D eigenvalue weighted by Gasteiger charge is 2.25. The van der Waals surface area contributed by atoms with Gasteiger partial charge in [0.05, 0.1) is 16.1 Å². The zero-order chi connectivity index (χ0) is 15.3. The van der Waals surface area contributed by atoms with Gasteiger partial charge >= 0.3 is 11.8 Å². The van der Waals surface area contributed by atoms with Crippen LogP contribution in [0.5, 0.6) is 0 Å². The first-order valence-electron chi connectivity index (χ1n) is 6.99. The molecule has 112 valence electrons. The Morgan fingerprint density at radius 1 is 1.36 bits per heavy atom. The van der Waals surface area contributed by atoms with Crippen molar-refractivity contribution in [3.8, 4) is 10.6 Å². The molecule has 0 saturated heterocycles. The number of aromatic nitrogens is 4. The molecule has 0 amide bonds. The molecule has 0 fully saturated rings. The van der Waals surface area contributed by atoms with Gasteiger partial charge in [-0.3, -0.25) is 0 Å². The number of hydrogen-bond donors (Lipinski definition) is 1. The second-order valence-electron chi connectivity index (χ2n) is 5.26. The van der Waals surface area contributed by atoms with E-state index in [0.717, 1.165) is 30.0 Å². The Balaban J connectivity index is 1.97. The van der Waals surface area contributed by atoms with Gasteiger partial charge in [0, 0.05) is 30.0 Å². The lowest BCUT2D eigenvalue weighted by atomic mass is 10.1. The quantitative estimate of drug-likeness (QED) is 0.530. The minimum absolute atomic E-state index is 0.245. The highest BCUT2D eigenvalue weighted by atomic mass is 32.1. The van der Waals surface area contributed by atoms with Crippen molar-refractivity contribution in [3.63, 3.8) is 0 Å². The molecule has 0 bridgehead atoms. The lowest BCUT2D eigenvalue weighted by Gasteiger charge is -2.18. The predicted molar refractivity (Wildman–Crippen MR) is 80.9 cm³/mol. The fourth-order valence-electron chi connectivity index (χ4n) is 2.80. The van der Waals surface area contributed by atoms with Gasteiger partial charge in [-0.05, 0) is 13.0 Å². The predicted octanol–water partition coefficient (Wildman–Crippen LogP) is 0.832. The summed E-state index contributed by atoms with van der Waals surface area (Å²) >= 11 is 1.57. The van der Waals surface area contributed by atoms with Gasteiger partial charge in [0.1, 0.15) is 5.01 Å². The number of hydrogen-bond acceptors (Lipinski definition) is 6. The second kappa shape index (κ2) is 4.85. The Labute approximate surface area is 130 Å². The number of nitrogens with one attached hydrogen (secondary N) is 1. The van der Waals surface area contributed by atoms with Crippen LogP contribution in [0.1, 0.15) is 23.5 Å². The minimum atomic E-state index is 0.245. The fraction of sp³-hybridized carbons (Fsp3) is 0.286. The SMILES string of the molecule is CC1NCCc2nc(-c3cccc4c3[n+]([O-])cn[n+]4[O-])sc21. The van der Waals surface area contributed by atoms with E-state index < -0.39 is 0 Å². The van der Waals surface area contributed by atoms with Crippen molar-refractivity contribution in [1.82, 2.24) is 15.4 Å². The highest BCUT2D eigenvalue weighted by molar-refractivity contribution is 7.15. The average Bonchev–Trinajstić information content (AvgIpc) is 2.96. The second-order valence-corrected chi connectivity index (χ2v) is 6.29. The Hall–Kier alpha value is -2.32. The zero-order valence-electron chi connectivity index (χ0n) is 11.8. The van der Waals surface area contributed by atoms with Gasteiger partial charge in [0.15, 0.2) is 0 Å². The topological polar surface area (TPSA) is 91.7 Å². The summed E-state index contributed by atoms with van der Waals surface area (Å²) in [5, 5.41) is 31.6. The normalized spacial score (nSPS) is 17.6. The summed E-state index contributed by atoms with van der Waals surface area (Å²) in [6.45, 7) is 3.01. The van der Waals surface area contributed by atoms with Gasteiger partial charge < -0.3 is 15.7 Å². The number of benzene rings is 1. The third-order valence-electron chi connectivity index (χ3n) is 3.87. The van der Waals surface area contributed by atoms with E-state index in [-0.39, 0.29) is 11.6 Å². The third kappa shape index (κ3) is 1.92. The van der Waals surface area contributed by atoms with Crippen LogP contribution < -0.4 is 14.9 Å². The molecule has 1 aliphatic rings. The Morgan fingerprint density at radius 2 is 2.23 bits per heavy atom. The Morgan fingerprint density at radius 3 is 3.05 bits per heavy atom. The lowest BCUT2D eigenvalue weighted by Crippen LogP contribution is -2.41. The van der Waals surface area contributed by atoms with E-state index in [1.807, 2.05) is 6.07 Å². The molecule has 1 aliphatic heterocycles. The number of rotatable bonds is 1. The van der Waals surface area contributed by atoms with Gasteiger partial charge in [0.25, 0.3) is 0 Å². The summed E-state index contributed by atoms with van der Waals surface area (Å²) in [6, 6.07) is 5.41. The molecule has 4 rings (SSSR count). The van der Waals surface area contributed by atoms with E-state index >= 15 is 0 Å². The molecule has 1 atom stereocenters. The van der Waals surface area contributed by atoms with Crippen LogP contribution in [0, 0.1) is 10.4 Å². The van der Waals surface area contributed by atoms with Crippen molar-refractivity contribution in [3.05, 3.63) is 45.5 Å². The first-order valence-corrected chi connectivity index (χ1v) is 7.81. The van der Waals surface area contributed by atoms with Crippen LogP contribution in [0.25, 0.3) is 21.6 Å². The molecule has 0 aliphatic carbocycles. The van der Waals surface area contributed by atoms with Gasteiger partial charge in [-0.25, -0.2) is 9.71 Å². The van der Waals surface area contributed by atoms with E-state index in [1.54, 1.807) is 23.5 Å². The van der Waals surface area contributed by atoms with E-state index in [2.05, 4.69) is 22.3 Å². The molecule has 3 heterocycles. The summed E-state index contributed by atoms with van der Waals surface area (Å²) in [5.74, 6) is 0. The minimum Gasteiger partial charge on any atom is -0.710 e. The summed E-state index contributed by atoms with van der Waals surface area (Å²) < 4.78 is 0.626. The summed E-state index contributed by atoms with van der Waals surface area (Å²) in [5.41, 5.74) is 2.30. The van der Waals surface area contributed by atoms with Crippen molar-refractivity contribution in [2.24, 2.45) is 0 Å². The van der Waals surface area contributed by atoms with Crippen LogP contribution in [0.2, 0.25) is 0 Å². The van der Waals surface area contributed by atoms with Gasteiger partial charge in [-0.1, -0.05) is 6.07 Å². The maximum Gasteiger partial charge on any atom is 0.365 e.